The van der Waals surface area contributed by atoms with Gasteiger partial charge >= 0.3 is 6.03 Å². The van der Waals surface area contributed by atoms with Gasteiger partial charge in [-0.2, -0.15) is 0 Å². The number of hydrogen-bond donors (Lipinski definition) is 2. The van der Waals surface area contributed by atoms with Crippen LogP contribution in [0.1, 0.15) is 12.8 Å². The molecule has 0 saturated carbocycles. The normalized spacial score (nSPS) is 16.1. The average Bonchev–Trinajstić information content (AvgIpc) is 2.67. The summed E-state index contributed by atoms with van der Waals surface area (Å²) in [5.41, 5.74) is 2.71. The van der Waals surface area contributed by atoms with Gasteiger partial charge in [-0.1, -0.05) is 35.9 Å². The molecule has 5 nitrogen and oxygen atoms in total. The number of ether oxygens (including phenoxy) is 1. The maximum absolute atomic E-state index is 12.4. The van der Waals surface area contributed by atoms with E-state index in [1.807, 2.05) is 48.5 Å². The molecule has 2 N–H and O–H groups in total. The molecule has 2 amide bonds. The minimum atomic E-state index is -0.203. The number of anilines is 1. The van der Waals surface area contributed by atoms with Crippen LogP contribution in [0.15, 0.2) is 48.5 Å². The third-order valence-corrected chi connectivity index (χ3v) is 5.46. The predicted octanol–water partition coefficient (Wildman–Crippen LogP) is 4.24. The van der Waals surface area contributed by atoms with E-state index in [2.05, 4.69) is 29.6 Å². The van der Waals surface area contributed by atoms with E-state index >= 15 is 0 Å². The number of amides is 2. The fraction of sp³-hybridized carbons (Fsp3) is 0.381. The maximum atomic E-state index is 12.4. The molecule has 0 spiro atoms. The Bertz CT molecular complexity index is 789. The highest BCUT2D eigenvalue weighted by Crippen LogP contribution is 2.26. The van der Waals surface area contributed by atoms with Crippen LogP contribution in [0.5, 0.6) is 0 Å². The van der Waals surface area contributed by atoms with Crippen molar-refractivity contribution in [2.45, 2.75) is 18.4 Å². The quantitative estimate of drug-likeness (QED) is 0.806. The molecule has 0 unspecified atom stereocenters. The molecule has 3 rings (SSSR count). The lowest BCUT2D eigenvalue weighted by molar-refractivity contribution is -0.00553. The van der Waals surface area contributed by atoms with Gasteiger partial charge < -0.3 is 20.3 Å². The number of benzene rings is 2. The third kappa shape index (κ3) is 5.01. The highest BCUT2D eigenvalue weighted by atomic mass is 35.5. The van der Waals surface area contributed by atoms with E-state index in [4.69, 9.17) is 16.3 Å². The van der Waals surface area contributed by atoms with E-state index < -0.39 is 0 Å². The third-order valence-electron chi connectivity index (χ3n) is 5.23. The number of nitrogens with one attached hydrogen (secondary N) is 2. The standard InChI is InChI=1S/C21H26ClN3O2/c1-25(2)21(9-11-27-12-10-21)15-23-20(26)24-19-8-4-6-17(14-19)16-5-3-7-18(22)13-16/h3-8,13-14H,9-12,15H2,1-2H3,(H2,23,24,26). The smallest absolute Gasteiger partial charge is 0.319 e. The minimum Gasteiger partial charge on any atom is -0.381 e. The summed E-state index contributed by atoms with van der Waals surface area (Å²) in [6.07, 6.45) is 1.81. The number of hydrogen-bond acceptors (Lipinski definition) is 3. The number of carbonyl (C=O) groups is 1. The zero-order chi connectivity index (χ0) is 19.3. The van der Waals surface area contributed by atoms with Crippen molar-refractivity contribution in [2.24, 2.45) is 0 Å². The lowest BCUT2D eigenvalue weighted by Gasteiger charge is -2.42. The molecule has 0 bridgehead atoms. The van der Waals surface area contributed by atoms with Crippen molar-refractivity contribution in [2.75, 3.05) is 39.2 Å². The van der Waals surface area contributed by atoms with E-state index in [9.17, 15) is 4.79 Å². The zero-order valence-corrected chi connectivity index (χ0v) is 16.6. The summed E-state index contributed by atoms with van der Waals surface area (Å²) in [4.78, 5) is 14.6. The first kappa shape index (κ1) is 19.7. The summed E-state index contributed by atoms with van der Waals surface area (Å²) in [6.45, 7) is 2.04. The van der Waals surface area contributed by atoms with E-state index in [-0.39, 0.29) is 11.6 Å². The van der Waals surface area contributed by atoms with Crippen LogP contribution in [0.3, 0.4) is 0 Å². The molecule has 1 saturated heterocycles. The topological polar surface area (TPSA) is 53.6 Å². The van der Waals surface area contributed by atoms with E-state index in [1.165, 1.54) is 0 Å². The molecule has 2 aromatic carbocycles. The van der Waals surface area contributed by atoms with Gasteiger partial charge in [0, 0.05) is 36.0 Å². The lowest BCUT2D eigenvalue weighted by atomic mass is 9.88. The first-order valence-electron chi connectivity index (χ1n) is 9.15. The molecule has 0 radical (unpaired) electrons. The SMILES string of the molecule is CN(C)C1(CNC(=O)Nc2cccc(-c3cccc(Cl)c3)c2)CCOCC1. The van der Waals surface area contributed by atoms with Crippen LogP contribution in [0.25, 0.3) is 11.1 Å². The average molecular weight is 388 g/mol. The number of halogens is 1. The van der Waals surface area contributed by atoms with E-state index in [1.54, 1.807) is 0 Å². The van der Waals surface area contributed by atoms with Gasteiger partial charge in [-0.05, 0) is 62.3 Å². The summed E-state index contributed by atoms with van der Waals surface area (Å²) >= 11 is 6.08. The maximum Gasteiger partial charge on any atom is 0.319 e. The number of rotatable bonds is 5. The van der Waals surface area contributed by atoms with E-state index in [0.717, 1.165) is 42.9 Å². The Hall–Kier alpha value is -2.08. The second-order valence-electron chi connectivity index (χ2n) is 7.13. The molecular weight excluding hydrogens is 362 g/mol. The molecule has 27 heavy (non-hydrogen) atoms. The summed E-state index contributed by atoms with van der Waals surface area (Å²) in [6, 6.07) is 15.2. The molecular formula is C21H26ClN3O2. The van der Waals surface area contributed by atoms with Gasteiger partial charge in [0.2, 0.25) is 0 Å². The van der Waals surface area contributed by atoms with Crippen LogP contribution in [0.4, 0.5) is 10.5 Å². The van der Waals surface area contributed by atoms with Gasteiger partial charge in [-0.15, -0.1) is 0 Å². The van der Waals surface area contributed by atoms with Gasteiger partial charge in [0.25, 0.3) is 0 Å². The summed E-state index contributed by atoms with van der Waals surface area (Å²) in [5, 5.41) is 6.64. The first-order chi connectivity index (χ1) is 13.0. The van der Waals surface area contributed by atoms with Crippen LogP contribution in [0, 0.1) is 0 Å². The van der Waals surface area contributed by atoms with Crippen molar-refractivity contribution in [3.05, 3.63) is 53.6 Å². The highest BCUT2D eigenvalue weighted by molar-refractivity contribution is 6.30. The second-order valence-corrected chi connectivity index (χ2v) is 7.57. The summed E-state index contributed by atoms with van der Waals surface area (Å²) in [7, 11) is 4.11. The largest absolute Gasteiger partial charge is 0.381 e. The second kappa shape index (κ2) is 8.74. The van der Waals surface area contributed by atoms with Crippen LogP contribution >= 0.6 is 11.6 Å². The fourth-order valence-corrected chi connectivity index (χ4v) is 3.59. The number of likely N-dealkylation sites (N-methyl/N-ethyl adjacent to an activating group) is 1. The Labute approximate surface area is 165 Å². The van der Waals surface area contributed by atoms with Crippen molar-refractivity contribution in [1.82, 2.24) is 10.2 Å². The highest BCUT2D eigenvalue weighted by Gasteiger charge is 2.35. The molecule has 1 aliphatic rings. The Morgan fingerprint density at radius 2 is 1.78 bits per heavy atom. The van der Waals surface area contributed by atoms with Gasteiger partial charge in [0.15, 0.2) is 0 Å². The number of nitrogens with zero attached hydrogens (tertiary/aromatic N) is 1. The Kier molecular flexibility index (Phi) is 6.37. The Morgan fingerprint density at radius 3 is 2.44 bits per heavy atom. The summed E-state index contributed by atoms with van der Waals surface area (Å²) < 4.78 is 5.48. The van der Waals surface area contributed by atoms with Crippen molar-refractivity contribution >= 4 is 23.3 Å². The van der Waals surface area contributed by atoms with Crippen LogP contribution in [-0.2, 0) is 4.74 Å². The molecule has 2 aromatic rings. The molecule has 1 aliphatic heterocycles. The lowest BCUT2D eigenvalue weighted by Crippen LogP contribution is -2.56. The molecule has 1 fully saturated rings. The Morgan fingerprint density at radius 1 is 1.11 bits per heavy atom. The first-order valence-corrected chi connectivity index (χ1v) is 9.52. The fourth-order valence-electron chi connectivity index (χ4n) is 3.40. The summed E-state index contributed by atoms with van der Waals surface area (Å²) in [5.74, 6) is 0. The monoisotopic (exact) mass is 387 g/mol. The number of urea groups is 1. The van der Waals surface area contributed by atoms with Gasteiger partial charge in [0.05, 0.1) is 0 Å². The molecule has 6 heteroatoms. The Balaban J connectivity index is 1.63. The van der Waals surface area contributed by atoms with Gasteiger partial charge in [0.1, 0.15) is 0 Å². The van der Waals surface area contributed by atoms with Gasteiger partial charge in [-0.3, -0.25) is 0 Å². The molecule has 0 atom stereocenters. The number of carbonyl (C=O) groups excluding carboxylic acids is 1. The van der Waals surface area contributed by atoms with Crippen molar-refractivity contribution in [3.8, 4) is 11.1 Å². The van der Waals surface area contributed by atoms with E-state index in [0.29, 0.717) is 11.6 Å². The zero-order valence-electron chi connectivity index (χ0n) is 15.8. The van der Waals surface area contributed by atoms with Gasteiger partial charge in [-0.25, -0.2) is 4.79 Å². The van der Waals surface area contributed by atoms with Crippen molar-refractivity contribution in [3.63, 3.8) is 0 Å². The molecule has 1 heterocycles. The minimum absolute atomic E-state index is 0.0573. The molecule has 144 valence electrons. The van der Waals surface area contributed by atoms with Crippen LogP contribution in [-0.4, -0.2) is 50.3 Å². The molecule has 0 aromatic heterocycles. The van der Waals surface area contributed by atoms with Crippen LogP contribution in [0.2, 0.25) is 5.02 Å². The predicted molar refractivity (Wildman–Crippen MR) is 110 cm³/mol. The van der Waals surface area contributed by atoms with Crippen molar-refractivity contribution in [1.29, 1.82) is 0 Å². The van der Waals surface area contributed by atoms with Crippen molar-refractivity contribution < 1.29 is 9.53 Å². The molecule has 0 aliphatic carbocycles. The van der Waals surface area contributed by atoms with Crippen LogP contribution < -0.4 is 10.6 Å².